The van der Waals surface area contributed by atoms with Crippen LogP contribution in [0, 0.1) is 0 Å². The summed E-state index contributed by atoms with van der Waals surface area (Å²) in [6.07, 6.45) is 3.40. The van der Waals surface area contributed by atoms with E-state index < -0.39 is 41.8 Å². The summed E-state index contributed by atoms with van der Waals surface area (Å²) >= 11 is 0. The molecule has 232 valence electrons. The second-order valence-corrected chi connectivity index (χ2v) is 9.91. The Kier molecular flexibility index (Phi) is 14.8. The monoisotopic (exact) mass is 595 g/mol. The van der Waals surface area contributed by atoms with Gasteiger partial charge in [-0.25, -0.2) is 4.79 Å². The molecule has 12 heteroatoms. The first-order valence-corrected chi connectivity index (χ1v) is 14.1. The summed E-state index contributed by atoms with van der Waals surface area (Å²) in [5, 5.41) is 8.19. The Morgan fingerprint density at radius 3 is 2.07 bits per heavy atom. The lowest BCUT2D eigenvalue weighted by Crippen LogP contribution is -2.78. The number of amides is 3. The molecule has 2 aromatic rings. The summed E-state index contributed by atoms with van der Waals surface area (Å²) in [4.78, 5) is 54.3. The molecule has 0 heterocycles. The summed E-state index contributed by atoms with van der Waals surface area (Å²) < 4.78 is 10.4. The van der Waals surface area contributed by atoms with Crippen LogP contribution < -0.4 is 37.1 Å². The van der Waals surface area contributed by atoms with E-state index in [1.54, 1.807) is 30.3 Å². The van der Waals surface area contributed by atoms with Gasteiger partial charge in [0.05, 0.1) is 13.7 Å². The van der Waals surface area contributed by atoms with Gasteiger partial charge in [-0.3, -0.25) is 30.8 Å². The van der Waals surface area contributed by atoms with Crippen molar-refractivity contribution in [2.75, 3.05) is 20.3 Å². The molecule has 0 saturated carbocycles. The average Bonchev–Trinajstić information content (AvgIpc) is 2.98. The molecule has 2 rings (SSSR count). The van der Waals surface area contributed by atoms with Gasteiger partial charge in [0.2, 0.25) is 17.7 Å². The number of rotatable bonds is 18. The number of nitrogens with two attached hydrogens (primary N) is 2. The molecule has 0 spiro atoms. The second kappa shape index (κ2) is 18.5. The molecule has 0 unspecified atom stereocenters. The maximum absolute atomic E-state index is 13.5. The molecule has 3 atom stereocenters. The second-order valence-electron chi connectivity index (χ2n) is 9.91. The lowest BCUT2D eigenvalue weighted by atomic mass is 10.0. The van der Waals surface area contributed by atoms with E-state index in [2.05, 4.69) is 27.5 Å². The van der Waals surface area contributed by atoms with Crippen LogP contribution in [-0.4, -0.2) is 68.0 Å². The van der Waals surface area contributed by atoms with Crippen LogP contribution in [-0.2, 0) is 36.8 Å². The summed E-state index contributed by atoms with van der Waals surface area (Å²) in [7, 11) is 1.25. The van der Waals surface area contributed by atoms with E-state index in [9.17, 15) is 19.2 Å². The molecule has 0 aliphatic rings. The molecule has 0 fully saturated rings. The molecule has 0 saturated heterocycles. The van der Waals surface area contributed by atoms with Gasteiger partial charge >= 0.3 is 11.9 Å². The number of carbonyl (C=O) groups is 4. The number of methoxy groups -OCH3 is 1. The van der Waals surface area contributed by atoms with E-state index in [1.807, 2.05) is 30.3 Å². The van der Waals surface area contributed by atoms with Crippen LogP contribution in [0.5, 0.6) is 5.75 Å². The quantitative estimate of drug-likeness (QED) is 0.0425. The van der Waals surface area contributed by atoms with Crippen molar-refractivity contribution in [2.45, 2.75) is 57.2 Å². The molecule has 2 aromatic carbocycles. The zero-order valence-corrected chi connectivity index (χ0v) is 24.8. The van der Waals surface area contributed by atoms with Crippen molar-refractivity contribution in [3.8, 4) is 5.75 Å². The number of nitrogens with one attached hydrogen (secondary N) is 4. The molecule has 12 nitrogen and oxygen atoms in total. The fourth-order valence-electron chi connectivity index (χ4n) is 4.27. The number of guanidine groups is 1. The van der Waals surface area contributed by atoms with Crippen molar-refractivity contribution < 1.29 is 33.6 Å². The van der Waals surface area contributed by atoms with Crippen molar-refractivity contribution in [1.82, 2.24) is 16.0 Å². The maximum atomic E-state index is 13.5. The Morgan fingerprint density at radius 1 is 0.860 bits per heavy atom. The molecule has 8 N–H and O–H groups in total. The zero-order chi connectivity index (χ0) is 31.6. The number of unbranched alkanes of at least 4 members (excludes halogenated alkanes) is 1. The molecule has 0 radical (unpaired) electrons. The standard InChI is InChI=1S/C31H42N6O6/c1-4-18-43-24-15-13-23(14-16-24)19-26(35-21(2)38)29(40)36-25(12-8-9-17-34-31(32)33)28(39)37-27(30(41)42-3)20-22-10-6-5-7-11-22/h4-7,10-11,13-16,25-27H,1,8-9,12,17-20H2,2-3H3,(H,35,38)(H,36,40)(H,37,39)(H4,32,33,34)/p+1/t25-,26-,27-/m0/s1. The Bertz CT molecular complexity index is 1230. The van der Waals surface area contributed by atoms with E-state index in [1.165, 1.54) is 14.0 Å². The van der Waals surface area contributed by atoms with Gasteiger partial charge in [0.15, 0.2) is 0 Å². The van der Waals surface area contributed by atoms with Crippen LogP contribution in [0.3, 0.4) is 0 Å². The topological polar surface area (TPSA) is 189 Å². The highest BCUT2D eigenvalue weighted by atomic mass is 16.5. The minimum atomic E-state index is -0.999. The first kappa shape index (κ1) is 34.3. The molecule has 43 heavy (non-hydrogen) atoms. The molecular formula is C31H43N6O6+. The molecule has 3 amide bonds. The van der Waals surface area contributed by atoms with Crippen molar-refractivity contribution in [3.63, 3.8) is 0 Å². The predicted octanol–water partition coefficient (Wildman–Crippen LogP) is -0.792. The Labute approximate surface area is 252 Å². The largest absolute Gasteiger partial charge is 0.490 e. The van der Waals surface area contributed by atoms with E-state index in [0.717, 1.165) is 11.1 Å². The predicted molar refractivity (Wildman–Crippen MR) is 163 cm³/mol. The normalized spacial score (nSPS) is 12.5. The highest BCUT2D eigenvalue weighted by Gasteiger charge is 2.30. The Morgan fingerprint density at radius 2 is 1.47 bits per heavy atom. The summed E-state index contributed by atoms with van der Waals surface area (Å²) in [5.74, 6) is -1.39. The van der Waals surface area contributed by atoms with Gasteiger partial charge in [0.1, 0.15) is 30.5 Å². The number of ether oxygens (including phenoxy) is 2. The summed E-state index contributed by atoms with van der Waals surface area (Å²) in [6, 6.07) is 13.4. The minimum Gasteiger partial charge on any atom is -0.490 e. The van der Waals surface area contributed by atoms with Crippen LogP contribution in [0.2, 0.25) is 0 Å². The Hall–Kier alpha value is -4.87. The molecule has 0 aromatic heterocycles. The third-order valence-corrected chi connectivity index (χ3v) is 6.39. The third-order valence-electron chi connectivity index (χ3n) is 6.39. The van der Waals surface area contributed by atoms with Crippen molar-refractivity contribution in [1.29, 1.82) is 0 Å². The van der Waals surface area contributed by atoms with Crippen molar-refractivity contribution >= 4 is 29.7 Å². The summed E-state index contributed by atoms with van der Waals surface area (Å²) in [5.41, 5.74) is 12.5. The first-order chi connectivity index (χ1) is 20.6. The molecule has 0 bridgehead atoms. The van der Waals surface area contributed by atoms with Gasteiger partial charge in [-0.05, 0) is 42.5 Å². The van der Waals surface area contributed by atoms with Crippen LogP contribution in [0.4, 0.5) is 0 Å². The third kappa shape index (κ3) is 13.1. The number of hydrogen-bond acceptors (Lipinski definition) is 6. The SMILES string of the molecule is C=CCOc1ccc(C[C@H](NC(C)=O)C(=O)N[C@@H](CCCC[NH+]=C(N)N)C(=O)N[C@@H](Cc2ccccc2)C(=O)OC)cc1. The fourth-order valence-corrected chi connectivity index (χ4v) is 4.27. The molecule has 0 aliphatic heterocycles. The van der Waals surface area contributed by atoms with Crippen molar-refractivity contribution in [3.05, 3.63) is 78.4 Å². The minimum absolute atomic E-state index is 0.0860. The van der Waals surface area contributed by atoms with Gasteiger partial charge in [-0.1, -0.05) is 55.1 Å². The Balaban J connectivity index is 2.21. The van der Waals surface area contributed by atoms with E-state index in [-0.39, 0.29) is 25.2 Å². The van der Waals surface area contributed by atoms with E-state index in [0.29, 0.717) is 31.7 Å². The van der Waals surface area contributed by atoms with Gasteiger partial charge < -0.3 is 25.4 Å². The van der Waals surface area contributed by atoms with E-state index >= 15 is 0 Å². The first-order valence-electron chi connectivity index (χ1n) is 14.1. The van der Waals surface area contributed by atoms with E-state index in [4.69, 9.17) is 20.9 Å². The number of benzene rings is 2. The lowest BCUT2D eigenvalue weighted by molar-refractivity contribution is -0.459. The maximum Gasteiger partial charge on any atom is 0.338 e. The summed E-state index contributed by atoms with van der Waals surface area (Å²) in [6.45, 7) is 5.77. The molecular weight excluding hydrogens is 552 g/mol. The fraction of sp³-hybridized carbons (Fsp3) is 0.387. The van der Waals surface area contributed by atoms with Crippen LogP contribution in [0.25, 0.3) is 0 Å². The van der Waals surface area contributed by atoms with Crippen LogP contribution >= 0.6 is 0 Å². The number of hydrogen-bond donors (Lipinski definition) is 6. The van der Waals surface area contributed by atoms with Crippen LogP contribution in [0.1, 0.15) is 37.3 Å². The van der Waals surface area contributed by atoms with Gasteiger partial charge in [-0.2, -0.15) is 0 Å². The highest BCUT2D eigenvalue weighted by molar-refractivity contribution is 5.93. The smallest absolute Gasteiger partial charge is 0.338 e. The average molecular weight is 596 g/mol. The highest BCUT2D eigenvalue weighted by Crippen LogP contribution is 2.14. The lowest BCUT2D eigenvalue weighted by Gasteiger charge is -2.25. The van der Waals surface area contributed by atoms with Crippen LogP contribution in [0.15, 0.2) is 67.3 Å². The number of carbonyl (C=O) groups excluding carboxylic acids is 4. The van der Waals surface area contributed by atoms with Crippen molar-refractivity contribution in [2.24, 2.45) is 11.5 Å². The zero-order valence-electron chi connectivity index (χ0n) is 24.8. The molecule has 0 aliphatic carbocycles. The number of esters is 1. The van der Waals surface area contributed by atoms with Gasteiger partial charge in [-0.15, -0.1) is 0 Å². The van der Waals surface area contributed by atoms with Gasteiger partial charge in [0, 0.05) is 19.8 Å². The van der Waals surface area contributed by atoms with Gasteiger partial charge in [0.25, 0.3) is 0 Å².